The van der Waals surface area contributed by atoms with Gasteiger partial charge >= 0.3 is 0 Å². The molecule has 0 unspecified atom stereocenters. The molecule has 33 nitrogen and oxygen atoms in total. The fraction of sp³-hybridized carbons (Fsp3) is 0.351. The van der Waals surface area contributed by atoms with E-state index in [4.69, 9.17) is 34.8 Å². The van der Waals surface area contributed by atoms with Crippen molar-refractivity contribution in [2.75, 3.05) is 0 Å². The van der Waals surface area contributed by atoms with E-state index in [0.717, 1.165) is 28.9 Å². The molecule has 110 heavy (non-hydrogen) atoms. The van der Waals surface area contributed by atoms with Gasteiger partial charge < -0.3 is 61.3 Å². The van der Waals surface area contributed by atoms with E-state index in [-0.39, 0.29) is 114 Å². The first-order valence-corrected chi connectivity index (χ1v) is 34.3. The Bertz CT molecular complexity index is 6210. The van der Waals surface area contributed by atoms with Crippen molar-refractivity contribution in [2.45, 2.75) is 158 Å². The standard InChI is InChI=1S/C13H15ClN2O4.C13H16N2O4.C12H13ClN2O4.C12H13ClN2O3.2C12H14N2O3/c1-13(2,3)16-12(20)8-6(11(19)15(16)4)5-7(17)10(18)9(8)14;1-13(2,3)15-12(19)8-6-10(17)9(16)5-7(8)11(18)14(15)4;1-12(2,3)15-11(19)7-5(10(18)14-15)4-6(16)9(17)8(7)13;1-12(2,3)15-5-14-6-4-7(16)10(17)9(13)8(6)11(15)18;1-12(2,3)14-6-13-8-5-10(16)9(15)4-7(8)11(14)17;1-12(2,3)14-11(17)8-5-10(16)9(15)4-7(8)6-13-14/h5,17-18H,1-4H3;5-6,16-17H,1-4H3;4,16-17H,1-3H3,(H,14,18);4-5,16-17H,1-3H3;2*4-6,15-16H,1-3H3. The van der Waals surface area contributed by atoms with E-state index < -0.39 is 101 Å². The molecule has 0 radical (unpaired) electrons. The number of benzene rings is 6. The van der Waals surface area contributed by atoms with E-state index in [1.165, 1.54) is 95.8 Å². The molecule has 0 spiro atoms. The predicted octanol–water partition coefficient (Wildman–Crippen LogP) is 9.24. The largest absolute Gasteiger partial charge is 0.504 e. The average molecular weight is 1580 g/mol. The number of aromatic hydroxyl groups is 12. The van der Waals surface area contributed by atoms with Crippen molar-refractivity contribution in [1.29, 1.82) is 0 Å². The van der Waals surface area contributed by atoms with Crippen LogP contribution >= 0.6 is 34.8 Å². The predicted molar refractivity (Wildman–Crippen MR) is 419 cm³/mol. The SMILES string of the molecule is CC(C)(C)n1[nH]c(=O)c2cc(O)c(O)c(Cl)c2c1=O.CC(C)(C)n1cnc2cc(O)c(O)c(Cl)c2c1=O.CC(C)(C)n1cnc2cc(O)c(O)cc2c1=O.CC(C)(C)n1ncc2cc(O)c(O)cc2c1=O.Cn1c(=O)c2cc(O)c(O)c(Cl)c2c(=O)n1C(C)(C)C.Cn1c(=O)c2cc(O)c(O)cc2c(=O)n1C(C)(C)C. The molecule has 6 heterocycles. The second-order valence-corrected chi connectivity index (χ2v) is 32.4. The first kappa shape index (κ1) is 85.3. The molecule has 588 valence electrons. The Kier molecular flexibility index (Phi) is 23.4. The minimum atomic E-state index is -0.652. The lowest BCUT2D eigenvalue weighted by Gasteiger charge is -2.26. The van der Waals surface area contributed by atoms with Crippen LogP contribution in [0.2, 0.25) is 15.1 Å². The van der Waals surface area contributed by atoms with Crippen LogP contribution in [0.1, 0.15) is 125 Å². The number of phenolic OH excluding ortho intramolecular Hbond substituents is 12. The van der Waals surface area contributed by atoms with E-state index in [1.54, 1.807) is 62.3 Å². The Morgan fingerprint density at radius 2 is 0.682 bits per heavy atom. The molecule has 0 bridgehead atoms. The van der Waals surface area contributed by atoms with Crippen LogP contribution in [-0.4, -0.2) is 119 Å². The Hall–Kier alpha value is -12.0. The maximum absolute atomic E-state index is 12.6. The van der Waals surface area contributed by atoms with Crippen molar-refractivity contribution in [3.05, 3.63) is 182 Å². The topological polar surface area (TPSA) is 490 Å². The maximum atomic E-state index is 12.6. The van der Waals surface area contributed by atoms with Crippen molar-refractivity contribution in [3.63, 3.8) is 0 Å². The third kappa shape index (κ3) is 16.8. The number of H-pyrrole nitrogens is 1. The summed E-state index contributed by atoms with van der Waals surface area (Å²) in [7, 11) is 2.96. The fourth-order valence-corrected chi connectivity index (χ4v) is 12.1. The Labute approximate surface area is 637 Å². The summed E-state index contributed by atoms with van der Waals surface area (Å²) in [4.78, 5) is 119. The molecular formula is C74H85Cl3N12O21. The van der Waals surface area contributed by atoms with Crippen LogP contribution in [-0.2, 0) is 47.3 Å². The van der Waals surface area contributed by atoms with E-state index in [1.807, 2.05) is 62.3 Å². The van der Waals surface area contributed by atoms with Crippen molar-refractivity contribution in [1.82, 2.24) is 57.4 Å². The molecule has 0 aliphatic rings. The summed E-state index contributed by atoms with van der Waals surface area (Å²) < 4.78 is 10.4. The van der Waals surface area contributed by atoms with Crippen LogP contribution < -0.4 is 50.0 Å². The van der Waals surface area contributed by atoms with Crippen LogP contribution in [0, 0.1) is 0 Å². The molecule has 36 heteroatoms. The van der Waals surface area contributed by atoms with E-state index in [2.05, 4.69) is 20.2 Å². The Morgan fingerprint density at radius 1 is 0.327 bits per heavy atom. The zero-order chi connectivity index (χ0) is 83.7. The zero-order valence-electron chi connectivity index (χ0n) is 63.5. The molecule has 12 aromatic rings. The minimum Gasteiger partial charge on any atom is -0.504 e. The molecule has 0 saturated carbocycles. The lowest BCUT2D eigenvalue weighted by molar-refractivity contribution is 0.290. The third-order valence-corrected chi connectivity index (χ3v) is 17.7. The highest BCUT2D eigenvalue weighted by molar-refractivity contribution is 6.38. The molecule has 0 aliphatic carbocycles. The second kappa shape index (κ2) is 30.2. The Morgan fingerprint density at radius 3 is 1.14 bits per heavy atom. The molecule has 0 atom stereocenters. The van der Waals surface area contributed by atoms with Crippen LogP contribution in [0.3, 0.4) is 0 Å². The highest BCUT2D eigenvalue weighted by Crippen LogP contribution is 2.40. The number of nitrogens with zero attached hydrogens (tertiary/aromatic N) is 11. The van der Waals surface area contributed by atoms with Gasteiger partial charge in [0.15, 0.2) is 69.0 Å². The molecule has 13 N–H and O–H groups in total. The molecule has 0 amide bonds. The van der Waals surface area contributed by atoms with Gasteiger partial charge in [0, 0.05) is 42.7 Å². The quantitative estimate of drug-likeness (QED) is 0.0629. The number of phenols is 12. The lowest BCUT2D eigenvalue weighted by Crippen LogP contribution is -2.45. The molecule has 6 aromatic carbocycles. The number of aromatic amines is 1. The number of hydrogen-bond donors (Lipinski definition) is 13. The summed E-state index contributed by atoms with van der Waals surface area (Å²) in [6.45, 7) is 32.8. The van der Waals surface area contributed by atoms with Gasteiger partial charge in [-0.3, -0.25) is 57.4 Å². The van der Waals surface area contributed by atoms with Crippen molar-refractivity contribution >= 4 is 99.7 Å². The molecule has 6 aromatic heterocycles. The summed E-state index contributed by atoms with van der Waals surface area (Å²) in [5.74, 6) is -5.20. The number of fused-ring (bicyclic) bond motifs is 6. The van der Waals surface area contributed by atoms with Crippen LogP contribution in [0.25, 0.3) is 64.9 Å². The van der Waals surface area contributed by atoms with Crippen molar-refractivity contribution < 1.29 is 61.3 Å². The van der Waals surface area contributed by atoms with Gasteiger partial charge in [0.2, 0.25) is 0 Å². The van der Waals surface area contributed by atoms with Crippen molar-refractivity contribution in [2.24, 2.45) is 14.1 Å². The number of aromatic nitrogens is 12. The summed E-state index contributed by atoms with van der Waals surface area (Å²) in [5, 5.41) is 120. The van der Waals surface area contributed by atoms with Gasteiger partial charge in [-0.2, -0.15) is 5.10 Å². The molecular weight excluding hydrogens is 1500 g/mol. The normalized spacial score (nSPS) is 12.0. The summed E-state index contributed by atoms with van der Waals surface area (Å²) >= 11 is 17.7. The van der Waals surface area contributed by atoms with Gasteiger partial charge in [-0.05, 0) is 167 Å². The number of nitrogens with one attached hydrogen (secondary N) is 1. The van der Waals surface area contributed by atoms with E-state index >= 15 is 0 Å². The van der Waals surface area contributed by atoms with Gasteiger partial charge in [-0.25, -0.2) is 38.1 Å². The molecule has 0 fully saturated rings. The van der Waals surface area contributed by atoms with Gasteiger partial charge in [0.25, 0.3) is 50.0 Å². The van der Waals surface area contributed by atoms with Crippen molar-refractivity contribution in [3.8, 4) is 69.0 Å². The van der Waals surface area contributed by atoms with Crippen LogP contribution in [0.4, 0.5) is 0 Å². The monoisotopic (exact) mass is 1580 g/mol. The first-order chi connectivity index (χ1) is 50.2. The highest BCUT2D eigenvalue weighted by Gasteiger charge is 2.29. The van der Waals surface area contributed by atoms with E-state index in [0.29, 0.717) is 16.3 Å². The number of halogens is 3. The number of hydrogen-bond acceptors (Lipinski definition) is 24. The molecule has 0 aliphatic heterocycles. The summed E-state index contributed by atoms with van der Waals surface area (Å²) in [6, 6.07) is 10.6. The van der Waals surface area contributed by atoms with Crippen LogP contribution in [0.5, 0.6) is 69.0 Å². The van der Waals surface area contributed by atoms with Gasteiger partial charge in [0.05, 0.1) is 111 Å². The van der Waals surface area contributed by atoms with Crippen LogP contribution in [0.15, 0.2) is 117 Å². The maximum Gasteiger partial charge on any atom is 0.275 e. The van der Waals surface area contributed by atoms with Gasteiger partial charge in [-0.1, -0.05) is 34.8 Å². The minimum absolute atomic E-state index is 0.0294. The zero-order valence-corrected chi connectivity index (χ0v) is 65.8. The van der Waals surface area contributed by atoms with Gasteiger partial charge in [0.1, 0.15) is 5.02 Å². The first-order valence-electron chi connectivity index (χ1n) is 33.2. The summed E-state index contributed by atoms with van der Waals surface area (Å²) in [6.07, 6.45) is 4.35. The average Bonchev–Trinajstić information content (AvgIpc) is 0.742. The smallest absolute Gasteiger partial charge is 0.275 e. The molecule has 0 saturated heterocycles. The Balaban J connectivity index is 0.000000184. The third-order valence-electron chi connectivity index (χ3n) is 16.6. The lowest BCUT2D eigenvalue weighted by atomic mass is 10.1. The molecule has 12 rings (SSSR count). The highest BCUT2D eigenvalue weighted by atomic mass is 35.5. The number of rotatable bonds is 0. The van der Waals surface area contributed by atoms with Gasteiger partial charge in [-0.15, -0.1) is 0 Å². The second-order valence-electron chi connectivity index (χ2n) is 31.3. The van der Waals surface area contributed by atoms with E-state index in [9.17, 15) is 104 Å². The summed E-state index contributed by atoms with van der Waals surface area (Å²) in [5.41, 5.74) is -6.28. The fourth-order valence-electron chi connectivity index (χ4n) is 11.2.